The molecule has 6 nitrogen and oxygen atoms in total. The van der Waals surface area contributed by atoms with Gasteiger partial charge in [0.2, 0.25) is 5.95 Å². The van der Waals surface area contributed by atoms with Gasteiger partial charge in [-0.25, -0.2) is 4.98 Å². The van der Waals surface area contributed by atoms with E-state index in [4.69, 9.17) is 16.3 Å². The van der Waals surface area contributed by atoms with Gasteiger partial charge in [-0.3, -0.25) is 0 Å². The van der Waals surface area contributed by atoms with Crippen LogP contribution in [-0.2, 0) is 12.4 Å². The molecule has 1 fully saturated rings. The summed E-state index contributed by atoms with van der Waals surface area (Å²) in [7, 11) is 0. The third kappa shape index (κ3) is 7.21. The molecule has 2 N–H and O–H groups in total. The molecule has 1 aliphatic heterocycles. The molecule has 2 heterocycles. The van der Waals surface area contributed by atoms with Crippen molar-refractivity contribution in [3.63, 3.8) is 0 Å². The fraction of sp³-hybridized carbons (Fsp3) is 0.407. The van der Waals surface area contributed by atoms with Gasteiger partial charge in [0.1, 0.15) is 10.8 Å². The molecular weight excluding hydrogens is 560 g/mol. The lowest BCUT2D eigenvalue weighted by molar-refractivity contribution is -0.143. The highest BCUT2D eigenvalue weighted by molar-refractivity contribution is 6.33. The molecule has 1 aliphatic rings. The molecule has 1 saturated heterocycles. The van der Waals surface area contributed by atoms with Crippen molar-refractivity contribution in [2.75, 3.05) is 28.6 Å². The predicted octanol–water partition coefficient (Wildman–Crippen LogP) is 8.74. The van der Waals surface area contributed by atoms with Crippen molar-refractivity contribution in [2.24, 2.45) is 0 Å². The SMILES string of the molecule is Cc1cc(Nc2nc(Nc3cc(C(F)(F)F)cc(C(F)(F)F)c3)ncc2Cl)c(OC(C)C)cc1N1CCCCC1. The maximum Gasteiger partial charge on any atom is 0.416 e. The Morgan fingerprint density at radius 3 is 2.10 bits per heavy atom. The largest absolute Gasteiger partial charge is 0.489 e. The molecule has 0 saturated carbocycles. The molecule has 13 heteroatoms. The van der Waals surface area contributed by atoms with Crippen LogP contribution in [0.5, 0.6) is 5.75 Å². The number of halogens is 7. The summed E-state index contributed by atoms with van der Waals surface area (Å²) in [5.41, 5.74) is -0.846. The molecule has 0 amide bonds. The van der Waals surface area contributed by atoms with Crippen LogP contribution >= 0.6 is 11.6 Å². The van der Waals surface area contributed by atoms with Gasteiger partial charge in [-0.15, -0.1) is 0 Å². The number of nitrogens with one attached hydrogen (secondary N) is 2. The number of ether oxygens (including phenoxy) is 1. The van der Waals surface area contributed by atoms with E-state index in [1.165, 1.54) is 12.6 Å². The van der Waals surface area contributed by atoms with Crippen LogP contribution < -0.4 is 20.3 Å². The second kappa shape index (κ2) is 11.6. The van der Waals surface area contributed by atoms with E-state index in [1.54, 1.807) is 0 Å². The van der Waals surface area contributed by atoms with E-state index < -0.39 is 29.2 Å². The highest BCUT2D eigenvalue weighted by Gasteiger charge is 2.37. The highest BCUT2D eigenvalue weighted by Crippen LogP contribution is 2.40. The van der Waals surface area contributed by atoms with Crippen molar-refractivity contribution in [1.82, 2.24) is 9.97 Å². The number of piperidine rings is 1. The summed E-state index contributed by atoms with van der Waals surface area (Å²) in [5.74, 6) is 0.367. The summed E-state index contributed by atoms with van der Waals surface area (Å²) in [4.78, 5) is 10.4. The van der Waals surface area contributed by atoms with Crippen LogP contribution in [0, 0.1) is 6.92 Å². The monoisotopic (exact) mass is 587 g/mol. The van der Waals surface area contributed by atoms with Crippen LogP contribution in [0.4, 0.5) is 55.2 Å². The Morgan fingerprint density at radius 2 is 1.52 bits per heavy atom. The van der Waals surface area contributed by atoms with E-state index in [0.717, 1.165) is 37.2 Å². The Balaban J connectivity index is 1.67. The topological polar surface area (TPSA) is 62.3 Å². The zero-order valence-corrected chi connectivity index (χ0v) is 22.7. The molecular formula is C27H28ClF6N5O. The fourth-order valence-corrected chi connectivity index (χ4v) is 4.54. The van der Waals surface area contributed by atoms with Crippen molar-refractivity contribution in [2.45, 2.75) is 58.5 Å². The Labute approximate surface area is 232 Å². The molecule has 0 bridgehead atoms. The number of anilines is 5. The molecule has 0 atom stereocenters. The van der Waals surface area contributed by atoms with Crippen molar-refractivity contribution >= 4 is 40.4 Å². The molecule has 2 aromatic carbocycles. The van der Waals surface area contributed by atoms with Gasteiger partial charge in [-0.05, 0) is 69.9 Å². The summed E-state index contributed by atoms with van der Waals surface area (Å²) in [6.45, 7) is 7.61. The zero-order chi connectivity index (χ0) is 29.2. The van der Waals surface area contributed by atoms with Crippen molar-refractivity contribution in [3.05, 3.63) is 58.2 Å². The molecule has 0 unspecified atom stereocenters. The van der Waals surface area contributed by atoms with Gasteiger partial charge in [0.05, 0.1) is 29.1 Å². The Hall–Kier alpha value is -3.41. The summed E-state index contributed by atoms with van der Waals surface area (Å²) in [6, 6.07) is 4.98. The highest BCUT2D eigenvalue weighted by atomic mass is 35.5. The number of hydrogen-bond acceptors (Lipinski definition) is 6. The minimum absolute atomic E-state index is 0.0486. The lowest BCUT2D eigenvalue weighted by Crippen LogP contribution is -2.30. The molecule has 0 aliphatic carbocycles. The van der Waals surface area contributed by atoms with E-state index in [1.807, 2.05) is 32.9 Å². The Morgan fingerprint density at radius 1 is 0.900 bits per heavy atom. The second-order valence-corrected chi connectivity index (χ2v) is 10.2. The van der Waals surface area contributed by atoms with Gasteiger partial charge < -0.3 is 20.3 Å². The first-order valence-corrected chi connectivity index (χ1v) is 13.0. The second-order valence-electron chi connectivity index (χ2n) is 9.78. The molecule has 40 heavy (non-hydrogen) atoms. The quantitative estimate of drug-likeness (QED) is 0.270. The average Bonchev–Trinajstić information content (AvgIpc) is 2.86. The van der Waals surface area contributed by atoms with Gasteiger partial charge >= 0.3 is 12.4 Å². The van der Waals surface area contributed by atoms with Crippen LogP contribution in [0.25, 0.3) is 0 Å². The zero-order valence-electron chi connectivity index (χ0n) is 22.0. The number of aromatic nitrogens is 2. The lowest BCUT2D eigenvalue weighted by atomic mass is 10.1. The molecule has 0 spiro atoms. The van der Waals surface area contributed by atoms with Crippen molar-refractivity contribution in [1.29, 1.82) is 0 Å². The Kier molecular flexibility index (Phi) is 8.57. The van der Waals surface area contributed by atoms with Crippen LogP contribution in [0.15, 0.2) is 36.5 Å². The number of nitrogens with zero attached hydrogens (tertiary/aromatic N) is 3. The molecule has 3 aromatic rings. The normalized spacial score (nSPS) is 14.4. The number of hydrogen-bond donors (Lipinski definition) is 2. The number of rotatable bonds is 7. The lowest BCUT2D eigenvalue weighted by Gasteiger charge is -2.31. The van der Waals surface area contributed by atoms with Gasteiger partial charge in [-0.1, -0.05) is 11.6 Å². The smallest absolute Gasteiger partial charge is 0.416 e. The van der Waals surface area contributed by atoms with E-state index in [9.17, 15) is 26.3 Å². The van der Waals surface area contributed by atoms with Gasteiger partial charge in [0, 0.05) is 30.5 Å². The minimum Gasteiger partial charge on any atom is -0.489 e. The predicted molar refractivity (Wildman–Crippen MR) is 143 cm³/mol. The molecule has 216 valence electrons. The van der Waals surface area contributed by atoms with Gasteiger partial charge in [0.25, 0.3) is 0 Å². The maximum absolute atomic E-state index is 13.3. The van der Waals surface area contributed by atoms with E-state index in [0.29, 0.717) is 23.6 Å². The van der Waals surface area contributed by atoms with Gasteiger partial charge in [-0.2, -0.15) is 31.3 Å². The fourth-order valence-electron chi connectivity index (χ4n) is 4.40. The standard InChI is InChI=1S/C27H28ClF6N5O/c1-15(2)40-23-13-22(39-7-5-4-6-8-39)16(3)9-21(23)37-24-20(28)14-35-25(38-24)36-19-11-17(26(29,30)31)10-18(12-19)27(32,33)34/h9-15H,4-8H2,1-3H3,(H2,35,36,37,38). The molecule has 0 radical (unpaired) electrons. The number of benzene rings is 2. The van der Waals surface area contributed by atoms with Crippen molar-refractivity contribution in [3.8, 4) is 5.75 Å². The third-order valence-corrected chi connectivity index (χ3v) is 6.48. The van der Waals surface area contributed by atoms with E-state index in [2.05, 4.69) is 25.5 Å². The van der Waals surface area contributed by atoms with Crippen LogP contribution in [0.2, 0.25) is 5.02 Å². The first kappa shape index (κ1) is 29.6. The maximum atomic E-state index is 13.3. The summed E-state index contributed by atoms with van der Waals surface area (Å²) in [5, 5.41) is 5.60. The van der Waals surface area contributed by atoms with Crippen LogP contribution in [0.3, 0.4) is 0 Å². The minimum atomic E-state index is -4.99. The average molecular weight is 588 g/mol. The van der Waals surface area contributed by atoms with E-state index >= 15 is 0 Å². The third-order valence-electron chi connectivity index (χ3n) is 6.20. The summed E-state index contributed by atoms with van der Waals surface area (Å²) >= 11 is 6.31. The van der Waals surface area contributed by atoms with Gasteiger partial charge in [0.15, 0.2) is 5.82 Å². The van der Waals surface area contributed by atoms with Crippen molar-refractivity contribution < 1.29 is 31.1 Å². The summed E-state index contributed by atoms with van der Waals surface area (Å²) in [6.07, 6.45) is -5.56. The first-order valence-electron chi connectivity index (χ1n) is 12.6. The summed E-state index contributed by atoms with van der Waals surface area (Å²) < 4.78 is 85.7. The first-order chi connectivity index (χ1) is 18.7. The molecule has 1 aromatic heterocycles. The van der Waals surface area contributed by atoms with Crippen LogP contribution in [-0.4, -0.2) is 29.2 Å². The van der Waals surface area contributed by atoms with E-state index in [-0.39, 0.29) is 29.0 Å². The molecule has 4 rings (SSSR count). The number of aryl methyl sites for hydroxylation is 1. The number of alkyl halides is 6. The van der Waals surface area contributed by atoms with Crippen LogP contribution in [0.1, 0.15) is 49.8 Å². The Bertz CT molecular complexity index is 1320.